The molecule has 0 unspecified atom stereocenters. The number of carbonyl (C=O) groups is 1. The summed E-state index contributed by atoms with van der Waals surface area (Å²) in [5.74, 6) is 0.0746. The molecule has 1 heterocycles. The zero-order valence-corrected chi connectivity index (χ0v) is 20.3. The lowest BCUT2D eigenvalue weighted by molar-refractivity contribution is -0.384. The maximum absolute atomic E-state index is 13.2. The molecule has 3 aromatic rings. The molecule has 0 saturated carbocycles. The molecule has 0 aliphatic carbocycles. The van der Waals surface area contributed by atoms with E-state index < -0.39 is 10.9 Å². The first-order valence-electron chi connectivity index (χ1n) is 10.7. The van der Waals surface area contributed by atoms with Crippen molar-refractivity contribution in [3.63, 3.8) is 0 Å². The summed E-state index contributed by atoms with van der Waals surface area (Å²) in [6.45, 7) is 3.52. The summed E-state index contributed by atoms with van der Waals surface area (Å²) in [6, 6.07) is 9.11. The van der Waals surface area contributed by atoms with Crippen LogP contribution in [0, 0.1) is 10.1 Å². The SMILES string of the molecule is CCCCc1nc2ccc(Br)cc2c(=O)n1N=Cc1cc([N+](=O)[O-])ccc1OCC(=O)OCC. The Morgan fingerprint density at radius 1 is 1.26 bits per heavy atom. The number of unbranched alkanes of at least 4 members (excludes halogenated alkanes) is 1. The van der Waals surface area contributed by atoms with Gasteiger partial charge in [-0.05, 0) is 37.6 Å². The van der Waals surface area contributed by atoms with Crippen LogP contribution in [0.4, 0.5) is 5.69 Å². The van der Waals surface area contributed by atoms with Gasteiger partial charge in [0.2, 0.25) is 0 Å². The van der Waals surface area contributed by atoms with Crippen molar-refractivity contribution >= 4 is 44.7 Å². The minimum absolute atomic E-state index is 0.182. The number of hydrogen-bond acceptors (Lipinski definition) is 8. The molecule has 0 fully saturated rings. The van der Waals surface area contributed by atoms with E-state index in [2.05, 4.69) is 26.0 Å². The Morgan fingerprint density at radius 3 is 2.76 bits per heavy atom. The molecule has 0 bridgehead atoms. The van der Waals surface area contributed by atoms with Crippen molar-refractivity contribution in [3.8, 4) is 5.75 Å². The van der Waals surface area contributed by atoms with Crippen molar-refractivity contribution < 1.29 is 19.2 Å². The normalized spacial score (nSPS) is 11.1. The first kappa shape index (κ1) is 25.0. The van der Waals surface area contributed by atoms with Crippen molar-refractivity contribution in [2.75, 3.05) is 13.2 Å². The molecule has 0 spiro atoms. The molecule has 0 saturated heterocycles. The lowest BCUT2D eigenvalue weighted by Crippen LogP contribution is -2.22. The molecule has 10 nitrogen and oxygen atoms in total. The second-order valence-corrected chi connectivity index (χ2v) is 8.14. The van der Waals surface area contributed by atoms with Gasteiger partial charge in [-0.25, -0.2) is 9.78 Å². The van der Waals surface area contributed by atoms with Crippen molar-refractivity contribution in [1.82, 2.24) is 9.66 Å². The molecule has 2 aromatic carbocycles. The molecule has 0 atom stereocenters. The molecule has 0 amide bonds. The highest BCUT2D eigenvalue weighted by Crippen LogP contribution is 2.23. The fourth-order valence-electron chi connectivity index (χ4n) is 3.15. The van der Waals surface area contributed by atoms with Gasteiger partial charge >= 0.3 is 5.97 Å². The summed E-state index contributed by atoms with van der Waals surface area (Å²) >= 11 is 3.37. The number of non-ortho nitro benzene ring substituents is 1. The van der Waals surface area contributed by atoms with Gasteiger partial charge in [0.05, 0.1) is 28.6 Å². The number of carbonyl (C=O) groups excluding carboxylic acids is 1. The monoisotopic (exact) mass is 530 g/mol. The van der Waals surface area contributed by atoms with Crippen LogP contribution in [0.15, 0.2) is 50.8 Å². The van der Waals surface area contributed by atoms with Gasteiger partial charge in [-0.2, -0.15) is 9.78 Å². The lowest BCUT2D eigenvalue weighted by Gasteiger charge is -2.10. The minimum atomic E-state index is -0.578. The van der Waals surface area contributed by atoms with Gasteiger partial charge in [0.1, 0.15) is 11.6 Å². The number of rotatable bonds is 10. The van der Waals surface area contributed by atoms with Crippen LogP contribution in [-0.4, -0.2) is 40.0 Å². The Kier molecular flexibility index (Phi) is 8.47. The van der Waals surface area contributed by atoms with Crippen molar-refractivity contribution in [3.05, 3.63) is 72.7 Å². The Hall–Kier alpha value is -3.60. The second kappa shape index (κ2) is 11.5. The van der Waals surface area contributed by atoms with E-state index in [1.54, 1.807) is 19.1 Å². The van der Waals surface area contributed by atoms with Crippen LogP contribution in [0.3, 0.4) is 0 Å². The molecule has 11 heteroatoms. The van der Waals surface area contributed by atoms with Crippen LogP contribution < -0.4 is 10.3 Å². The van der Waals surface area contributed by atoms with Crippen molar-refractivity contribution in [1.29, 1.82) is 0 Å². The van der Waals surface area contributed by atoms with Crippen LogP contribution in [0.2, 0.25) is 0 Å². The smallest absolute Gasteiger partial charge is 0.344 e. The minimum Gasteiger partial charge on any atom is -0.481 e. The predicted octanol–water partition coefficient (Wildman–Crippen LogP) is 4.23. The van der Waals surface area contributed by atoms with E-state index in [9.17, 15) is 19.7 Å². The number of aryl methyl sites for hydroxylation is 1. The van der Waals surface area contributed by atoms with E-state index in [0.29, 0.717) is 23.1 Å². The number of hydrogen-bond donors (Lipinski definition) is 0. The summed E-state index contributed by atoms with van der Waals surface area (Å²) < 4.78 is 12.3. The Morgan fingerprint density at radius 2 is 2.06 bits per heavy atom. The highest BCUT2D eigenvalue weighted by atomic mass is 79.9. The maximum Gasteiger partial charge on any atom is 0.344 e. The Bertz CT molecular complexity index is 1300. The summed E-state index contributed by atoms with van der Waals surface area (Å²) in [4.78, 5) is 40.2. The summed E-state index contributed by atoms with van der Waals surface area (Å²) in [7, 11) is 0. The molecular formula is C23H23BrN4O6. The zero-order valence-electron chi connectivity index (χ0n) is 18.7. The van der Waals surface area contributed by atoms with Crippen molar-refractivity contribution in [2.45, 2.75) is 33.1 Å². The average Bonchev–Trinajstić information content (AvgIpc) is 2.81. The van der Waals surface area contributed by atoms with Gasteiger partial charge in [0, 0.05) is 28.6 Å². The van der Waals surface area contributed by atoms with Gasteiger partial charge in [-0.3, -0.25) is 14.9 Å². The fraction of sp³-hybridized carbons (Fsp3) is 0.304. The third kappa shape index (κ3) is 6.04. The van der Waals surface area contributed by atoms with Crippen LogP contribution in [0.1, 0.15) is 38.1 Å². The van der Waals surface area contributed by atoms with Crippen LogP contribution in [0.5, 0.6) is 5.75 Å². The van der Waals surface area contributed by atoms with E-state index >= 15 is 0 Å². The van der Waals surface area contributed by atoms with E-state index in [1.165, 1.54) is 29.1 Å². The topological polar surface area (TPSA) is 126 Å². The lowest BCUT2D eigenvalue weighted by atomic mass is 10.2. The molecule has 34 heavy (non-hydrogen) atoms. The zero-order chi connectivity index (χ0) is 24.7. The third-order valence-corrected chi connectivity index (χ3v) is 5.29. The van der Waals surface area contributed by atoms with E-state index in [1.807, 2.05) is 13.0 Å². The molecule has 0 aliphatic rings. The van der Waals surface area contributed by atoms with Gasteiger partial charge in [0.25, 0.3) is 11.2 Å². The van der Waals surface area contributed by atoms with E-state index in [-0.39, 0.29) is 35.8 Å². The molecule has 1 aromatic heterocycles. The van der Waals surface area contributed by atoms with E-state index in [0.717, 1.165) is 17.3 Å². The Balaban J connectivity index is 2.07. The molecule has 3 rings (SSSR count). The van der Waals surface area contributed by atoms with Crippen LogP contribution in [0.25, 0.3) is 10.9 Å². The first-order chi connectivity index (χ1) is 16.3. The molecular weight excluding hydrogens is 508 g/mol. The number of fused-ring (bicyclic) bond motifs is 1. The molecule has 0 aliphatic heterocycles. The van der Waals surface area contributed by atoms with Gasteiger partial charge in [-0.1, -0.05) is 29.3 Å². The standard InChI is InChI=1S/C23H23BrN4O6/c1-3-5-6-21-26-19-9-7-16(24)12-18(19)23(30)27(21)25-13-15-11-17(28(31)32)8-10-20(15)34-14-22(29)33-4-2/h7-13H,3-6,14H2,1-2H3. The first-order valence-corrected chi connectivity index (χ1v) is 11.5. The van der Waals surface area contributed by atoms with Gasteiger partial charge < -0.3 is 9.47 Å². The van der Waals surface area contributed by atoms with Crippen molar-refractivity contribution in [2.24, 2.45) is 5.10 Å². The number of nitrogens with zero attached hydrogens (tertiary/aromatic N) is 4. The quantitative estimate of drug-likeness (QED) is 0.166. The molecule has 0 radical (unpaired) electrons. The number of esters is 1. The highest BCUT2D eigenvalue weighted by Gasteiger charge is 2.14. The maximum atomic E-state index is 13.2. The Labute approximate surface area is 203 Å². The fourth-order valence-corrected chi connectivity index (χ4v) is 3.51. The highest BCUT2D eigenvalue weighted by molar-refractivity contribution is 9.10. The number of aromatic nitrogens is 2. The predicted molar refractivity (Wildman–Crippen MR) is 131 cm³/mol. The summed E-state index contributed by atoms with van der Waals surface area (Å²) in [5, 5.41) is 16.0. The molecule has 0 N–H and O–H groups in total. The summed E-state index contributed by atoms with van der Waals surface area (Å²) in [6.07, 6.45) is 3.51. The molecule has 178 valence electrons. The average molecular weight is 531 g/mol. The van der Waals surface area contributed by atoms with Gasteiger partial charge in [0.15, 0.2) is 6.61 Å². The summed E-state index contributed by atoms with van der Waals surface area (Å²) in [5.41, 5.74) is 0.220. The number of nitro groups is 1. The van der Waals surface area contributed by atoms with Crippen LogP contribution in [-0.2, 0) is 16.0 Å². The van der Waals surface area contributed by atoms with Gasteiger partial charge in [-0.15, -0.1) is 0 Å². The van der Waals surface area contributed by atoms with Crippen LogP contribution >= 0.6 is 15.9 Å². The number of nitro benzene ring substituents is 1. The largest absolute Gasteiger partial charge is 0.481 e. The number of ether oxygens (including phenoxy) is 2. The second-order valence-electron chi connectivity index (χ2n) is 7.23. The number of halogens is 1. The third-order valence-electron chi connectivity index (χ3n) is 4.80. The van der Waals surface area contributed by atoms with E-state index in [4.69, 9.17) is 9.47 Å². The number of benzene rings is 2.